The number of carbonyl (C=O) groups excluding carboxylic acids is 1. The highest BCUT2D eigenvalue weighted by Gasteiger charge is 2.10. The molecular formula is C11H10BrN3O. The lowest BCUT2D eigenvalue weighted by molar-refractivity contribution is 0.1000. The zero-order valence-electron chi connectivity index (χ0n) is 8.64. The lowest BCUT2D eigenvalue weighted by Gasteiger charge is -2.07. The van der Waals surface area contributed by atoms with Gasteiger partial charge in [0.15, 0.2) is 0 Å². The number of aromatic nitrogens is 2. The SMILES string of the molecule is Cc1ccn(-c2cc(Br)ccc2C(N)=O)n1. The number of nitrogens with zero attached hydrogens (tertiary/aromatic N) is 2. The van der Waals surface area contributed by atoms with Crippen molar-refractivity contribution in [2.45, 2.75) is 6.92 Å². The van der Waals surface area contributed by atoms with E-state index in [2.05, 4.69) is 21.0 Å². The molecule has 2 aromatic rings. The van der Waals surface area contributed by atoms with E-state index in [9.17, 15) is 4.79 Å². The minimum absolute atomic E-state index is 0.450. The summed E-state index contributed by atoms with van der Waals surface area (Å²) < 4.78 is 2.51. The molecule has 1 aromatic carbocycles. The molecule has 82 valence electrons. The van der Waals surface area contributed by atoms with Crippen LogP contribution in [0.2, 0.25) is 0 Å². The summed E-state index contributed by atoms with van der Waals surface area (Å²) in [6, 6.07) is 7.14. The lowest BCUT2D eigenvalue weighted by Crippen LogP contribution is -2.14. The second-order valence-corrected chi connectivity index (χ2v) is 4.34. The highest BCUT2D eigenvalue weighted by atomic mass is 79.9. The fraction of sp³-hybridized carbons (Fsp3) is 0.0909. The van der Waals surface area contributed by atoms with E-state index in [1.165, 1.54) is 0 Å². The molecule has 1 heterocycles. The Hall–Kier alpha value is -1.62. The number of benzene rings is 1. The van der Waals surface area contributed by atoms with Crippen LogP contribution < -0.4 is 5.73 Å². The number of nitrogens with two attached hydrogens (primary N) is 1. The van der Waals surface area contributed by atoms with Crippen molar-refractivity contribution in [3.63, 3.8) is 0 Å². The number of aryl methyl sites for hydroxylation is 1. The van der Waals surface area contributed by atoms with Crippen LogP contribution in [0.25, 0.3) is 5.69 Å². The maximum Gasteiger partial charge on any atom is 0.250 e. The van der Waals surface area contributed by atoms with E-state index in [0.717, 1.165) is 10.2 Å². The number of carbonyl (C=O) groups is 1. The van der Waals surface area contributed by atoms with Gasteiger partial charge in [0, 0.05) is 10.7 Å². The first kappa shape index (κ1) is 10.9. The van der Waals surface area contributed by atoms with Crippen LogP contribution in [0.15, 0.2) is 34.9 Å². The van der Waals surface area contributed by atoms with Crippen molar-refractivity contribution >= 4 is 21.8 Å². The summed E-state index contributed by atoms with van der Waals surface area (Å²) in [5.74, 6) is -0.462. The van der Waals surface area contributed by atoms with Crippen LogP contribution >= 0.6 is 15.9 Å². The minimum atomic E-state index is -0.462. The molecule has 0 unspecified atom stereocenters. The van der Waals surface area contributed by atoms with Crippen LogP contribution in [0.4, 0.5) is 0 Å². The molecule has 1 amide bonds. The molecule has 0 saturated heterocycles. The quantitative estimate of drug-likeness (QED) is 0.915. The van der Waals surface area contributed by atoms with E-state index < -0.39 is 5.91 Å². The summed E-state index contributed by atoms with van der Waals surface area (Å²) in [5.41, 5.74) is 7.32. The molecule has 0 spiro atoms. The van der Waals surface area contributed by atoms with E-state index >= 15 is 0 Å². The molecule has 0 fully saturated rings. The molecule has 0 saturated carbocycles. The second-order valence-electron chi connectivity index (χ2n) is 3.43. The molecule has 2 N–H and O–H groups in total. The summed E-state index contributed by atoms with van der Waals surface area (Å²) in [6.45, 7) is 1.89. The number of primary amides is 1. The van der Waals surface area contributed by atoms with Gasteiger partial charge in [-0.25, -0.2) is 4.68 Å². The topological polar surface area (TPSA) is 60.9 Å². The normalized spacial score (nSPS) is 10.4. The standard InChI is InChI=1S/C11H10BrN3O/c1-7-4-5-15(14-7)10-6-8(12)2-3-9(10)11(13)16/h2-6H,1H3,(H2,13,16). The molecule has 0 bridgehead atoms. The molecule has 4 nitrogen and oxygen atoms in total. The molecule has 2 rings (SSSR count). The number of halogens is 1. The van der Waals surface area contributed by atoms with Gasteiger partial charge in [0.2, 0.25) is 0 Å². The summed E-state index contributed by atoms with van der Waals surface area (Å²) in [5, 5.41) is 4.25. The first-order chi connectivity index (χ1) is 7.58. The largest absolute Gasteiger partial charge is 0.366 e. The predicted molar refractivity (Wildman–Crippen MR) is 64.5 cm³/mol. The Balaban J connectivity index is 2.62. The van der Waals surface area contributed by atoms with Crippen LogP contribution in [0.3, 0.4) is 0 Å². The van der Waals surface area contributed by atoms with Gasteiger partial charge < -0.3 is 5.73 Å². The molecule has 0 aliphatic heterocycles. The molecule has 0 atom stereocenters. The van der Waals surface area contributed by atoms with Gasteiger partial charge in [-0.3, -0.25) is 4.79 Å². The Bertz CT molecular complexity index is 548. The van der Waals surface area contributed by atoms with Crippen molar-refractivity contribution in [3.05, 3.63) is 46.2 Å². The lowest BCUT2D eigenvalue weighted by atomic mass is 10.1. The number of rotatable bonds is 2. The van der Waals surface area contributed by atoms with E-state index in [0.29, 0.717) is 11.3 Å². The first-order valence-electron chi connectivity index (χ1n) is 4.70. The van der Waals surface area contributed by atoms with Crippen LogP contribution in [-0.4, -0.2) is 15.7 Å². The van der Waals surface area contributed by atoms with Crippen molar-refractivity contribution in [1.29, 1.82) is 0 Å². The van der Waals surface area contributed by atoms with Gasteiger partial charge >= 0.3 is 0 Å². The molecule has 16 heavy (non-hydrogen) atoms. The van der Waals surface area contributed by atoms with Gasteiger partial charge in [0.05, 0.1) is 16.9 Å². The minimum Gasteiger partial charge on any atom is -0.366 e. The maximum atomic E-state index is 11.3. The average molecular weight is 280 g/mol. The van der Waals surface area contributed by atoms with Gasteiger partial charge in [-0.2, -0.15) is 5.10 Å². The molecule has 5 heteroatoms. The monoisotopic (exact) mass is 279 g/mol. The summed E-state index contributed by atoms with van der Waals surface area (Å²) >= 11 is 3.36. The van der Waals surface area contributed by atoms with Gasteiger partial charge in [-0.1, -0.05) is 15.9 Å². The van der Waals surface area contributed by atoms with Crippen molar-refractivity contribution < 1.29 is 4.79 Å². The zero-order chi connectivity index (χ0) is 11.7. The number of hydrogen-bond acceptors (Lipinski definition) is 2. The first-order valence-corrected chi connectivity index (χ1v) is 5.49. The van der Waals surface area contributed by atoms with Gasteiger partial charge in [0.1, 0.15) is 0 Å². The third-order valence-corrected chi connectivity index (χ3v) is 2.69. The van der Waals surface area contributed by atoms with Crippen LogP contribution in [-0.2, 0) is 0 Å². The Morgan fingerprint density at radius 1 is 1.44 bits per heavy atom. The summed E-state index contributed by atoms with van der Waals surface area (Å²) in [6.07, 6.45) is 1.80. The van der Waals surface area contributed by atoms with Gasteiger partial charge in [-0.05, 0) is 31.2 Å². The zero-order valence-corrected chi connectivity index (χ0v) is 10.2. The van der Waals surface area contributed by atoms with E-state index in [4.69, 9.17) is 5.73 Å². The fourth-order valence-corrected chi connectivity index (χ4v) is 1.80. The second kappa shape index (κ2) is 4.09. The van der Waals surface area contributed by atoms with Crippen LogP contribution in [0, 0.1) is 6.92 Å². The molecule has 0 aliphatic rings. The molecular weight excluding hydrogens is 270 g/mol. The number of amides is 1. The van der Waals surface area contributed by atoms with Crippen LogP contribution in [0.1, 0.15) is 16.1 Å². The Kier molecular flexibility index (Phi) is 2.78. The third-order valence-electron chi connectivity index (χ3n) is 2.19. The van der Waals surface area contributed by atoms with Crippen molar-refractivity contribution in [2.24, 2.45) is 5.73 Å². The average Bonchev–Trinajstić information content (AvgIpc) is 2.64. The maximum absolute atomic E-state index is 11.3. The van der Waals surface area contributed by atoms with Gasteiger partial charge in [0.25, 0.3) is 5.91 Å². The highest BCUT2D eigenvalue weighted by molar-refractivity contribution is 9.10. The fourth-order valence-electron chi connectivity index (χ4n) is 1.45. The molecule has 1 aromatic heterocycles. The Morgan fingerprint density at radius 3 is 2.75 bits per heavy atom. The van der Waals surface area contributed by atoms with Crippen molar-refractivity contribution in [3.8, 4) is 5.69 Å². The van der Waals surface area contributed by atoms with E-state index in [1.807, 2.05) is 19.1 Å². The van der Waals surface area contributed by atoms with Crippen molar-refractivity contribution in [2.75, 3.05) is 0 Å². The van der Waals surface area contributed by atoms with Crippen molar-refractivity contribution in [1.82, 2.24) is 9.78 Å². The Labute approximate surface area is 101 Å². The highest BCUT2D eigenvalue weighted by Crippen LogP contribution is 2.19. The number of hydrogen-bond donors (Lipinski definition) is 1. The van der Waals surface area contributed by atoms with Gasteiger partial charge in [-0.15, -0.1) is 0 Å². The Morgan fingerprint density at radius 2 is 2.19 bits per heavy atom. The smallest absolute Gasteiger partial charge is 0.250 e. The van der Waals surface area contributed by atoms with E-state index in [1.54, 1.807) is 23.0 Å². The third kappa shape index (κ3) is 1.99. The van der Waals surface area contributed by atoms with Crippen LogP contribution in [0.5, 0.6) is 0 Å². The summed E-state index contributed by atoms with van der Waals surface area (Å²) in [4.78, 5) is 11.3. The molecule has 0 radical (unpaired) electrons. The predicted octanol–water partition coefficient (Wildman–Crippen LogP) is 2.04. The summed E-state index contributed by atoms with van der Waals surface area (Å²) in [7, 11) is 0. The molecule has 0 aliphatic carbocycles. The van der Waals surface area contributed by atoms with E-state index in [-0.39, 0.29) is 0 Å².